The lowest BCUT2D eigenvalue weighted by molar-refractivity contribution is -0.156. The van der Waals surface area contributed by atoms with Gasteiger partial charge in [0.1, 0.15) is 0 Å². The third kappa shape index (κ3) is 1.89. The zero-order valence-corrected chi connectivity index (χ0v) is 6.54. The van der Waals surface area contributed by atoms with Gasteiger partial charge in [0.05, 0.1) is 6.61 Å². The zero-order chi connectivity index (χ0) is 8.43. The number of carbonyl (C=O) groups excluding carboxylic acids is 1. The molecule has 1 aliphatic heterocycles. The molecule has 4 heteroatoms. The Kier molecular flexibility index (Phi) is 2.44. The monoisotopic (exact) mass is 162 g/mol. The molecule has 0 bridgehead atoms. The van der Waals surface area contributed by atoms with Crippen molar-refractivity contribution in [1.29, 1.82) is 0 Å². The van der Waals surface area contributed by atoms with Crippen LogP contribution in [0.4, 0.5) is 4.39 Å². The molecule has 0 radical (unpaired) electrons. The van der Waals surface area contributed by atoms with E-state index in [4.69, 9.17) is 4.74 Å². The lowest BCUT2D eigenvalue weighted by atomic mass is 10.1. The fraction of sp³-hybridized carbons (Fsp3) is 0.857. The van der Waals surface area contributed by atoms with Gasteiger partial charge in [-0.05, 0) is 0 Å². The molecule has 0 aromatic carbocycles. The first-order valence-corrected chi connectivity index (χ1v) is 3.54. The molecule has 3 atom stereocenters. The van der Waals surface area contributed by atoms with Crippen LogP contribution in [-0.2, 0) is 14.3 Å². The second kappa shape index (κ2) is 3.17. The van der Waals surface area contributed by atoms with Crippen LogP contribution in [0.5, 0.6) is 0 Å². The number of carbonyl (C=O) groups is 1. The van der Waals surface area contributed by atoms with E-state index in [1.165, 1.54) is 6.92 Å². The third-order valence-electron chi connectivity index (χ3n) is 1.64. The van der Waals surface area contributed by atoms with Gasteiger partial charge in [0.25, 0.3) is 0 Å². The normalized spacial score (nSPS) is 37.2. The molecular formula is C7H11FO3. The van der Waals surface area contributed by atoms with Crippen molar-refractivity contribution < 1.29 is 18.7 Å². The van der Waals surface area contributed by atoms with Gasteiger partial charge < -0.3 is 9.47 Å². The maximum atomic E-state index is 12.7. The smallest absolute Gasteiger partial charge is 0.303 e. The first-order chi connectivity index (χ1) is 5.11. The Bertz CT molecular complexity index is 150. The van der Waals surface area contributed by atoms with E-state index in [0.29, 0.717) is 6.61 Å². The molecule has 0 aliphatic carbocycles. The molecule has 0 aromatic rings. The van der Waals surface area contributed by atoms with Gasteiger partial charge in [-0.1, -0.05) is 6.92 Å². The van der Waals surface area contributed by atoms with Crippen LogP contribution in [0.3, 0.4) is 0 Å². The first-order valence-electron chi connectivity index (χ1n) is 3.54. The van der Waals surface area contributed by atoms with Gasteiger partial charge >= 0.3 is 5.97 Å². The minimum Gasteiger partial charge on any atom is -0.456 e. The van der Waals surface area contributed by atoms with Gasteiger partial charge in [0.15, 0.2) is 6.10 Å². The third-order valence-corrected chi connectivity index (χ3v) is 1.64. The highest BCUT2D eigenvalue weighted by Crippen LogP contribution is 2.23. The van der Waals surface area contributed by atoms with Crippen molar-refractivity contribution in [2.45, 2.75) is 26.3 Å². The summed E-state index contributed by atoms with van der Waals surface area (Å²) in [6.07, 6.45) is -2.17. The van der Waals surface area contributed by atoms with Crippen molar-refractivity contribution in [3.63, 3.8) is 0 Å². The summed E-state index contributed by atoms with van der Waals surface area (Å²) in [6, 6.07) is 0. The van der Waals surface area contributed by atoms with Crippen molar-refractivity contribution in [2.24, 2.45) is 5.92 Å². The Balaban J connectivity index is 2.47. The standard InChI is InChI=1S/C7H11FO3/c1-4-3-10-7(8)6(4)11-5(2)9/h4,6-7H,3H2,1-2H3. The van der Waals surface area contributed by atoms with E-state index in [2.05, 4.69) is 4.74 Å². The summed E-state index contributed by atoms with van der Waals surface area (Å²) in [6.45, 7) is 3.37. The number of hydrogen-bond donors (Lipinski definition) is 0. The van der Waals surface area contributed by atoms with Crippen molar-refractivity contribution in [2.75, 3.05) is 6.61 Å². The van der Waals surface area contributed by atoms with Gasteiger partial charge in [-0.2, -0.15) is 0 Å². The molecule has 64 valence electrons. The number of hydrogen-bond acceptors (Lipinski definition) is 3. The first kappa shape index (κ1) is 8.46. The van der Waals surface area contributed by atoms with Crippen LogP contribution < -0.4 is 0 Å². The van der Waals surface area contributed by atoms with Gasteiger partial charge in [0, 0.05) is 12.8 Å². The second-order valence-corrected chi connectivity index (χ2v) is 2.74. The molecule has 3 unspecified atom stereocenters. The molecule has 1 saturated heterocycles. The Morgan fingerprint density at radius 1 is 1.73 bits per heavy atom. The molecule has 0 saturated carbocycles. The minimum absolute atomic E-state index is 0.0473. The van der Waals surface area contributed by atoms with Crippen molar-refractivity contribution in [3.05, 3.63) is 0 Å². The molecular weight excluding hydrogens is 151 g/mol. The summed E-state index contributed by atoms with van der Waals surface area (Å²) < 4.78 is 22.0. The van der Waals surface area contributed by atoms with Gasteiger partial charge in [-0.15, -0.1) is 0 Å². The molecule has 0 amide bonds. The molecule has 1 fully saturated rings. The van der Waals surface area contributed by atoms with E-state index in [0.717, 1.165) is 0 Å². The molecule has 1 aliphatic rings. The molecule has 1 rings (SSSR count). The molecule has 0 aromatic heterocycles. The van der Waals surface area contributed by atoms with E-state index in [9.17, 15) is 9.18 Å². The van der Waals surface area contributed by atoms with Gasteiger partial charge in [0.2, 0.25) is 6.36 Å². The highest BCUT2D eigenvalue weighted by molar-refractivity contribution is 5.66. The van der Waals surface area contributed by atoms with E-state index in [1.807, 2.05) is 0 Å². The van der Waals surface area contributed by atoms with E-state index >= 15 is 0 Å². The zero-order valence-electron chi connectivity index (χ0n) is 6.54. The van der Waals surface area contributed by atoms with Crippen LogP contribution in [-0.4, -0.2) is 25.0 Å². The Morgan fingerprint density at radius 2 is 2.36 bits per heavy atom. The van der Waals surface area contributed by atoms with Crippen LogP contribution >= 0.6 is 0 Å². The maximum Gasteiger partial charge on any atom is 0.303 e. The minimum atomic E-state index is -1.45. The van der Waals surface area contributed by atoms with Crippen molar-refractivity contribution in [3.8, 4) is 0 Å². The number of halogens is 1. The number of alkyl halides is 1. The Morgan fingerprint density at radius 3 is 2.73 bits per heavy atom. The predicted molar refractivity (Wildman–Crippen MR) is 35.6 cm³/mol. The van der Waals surface area contributed by atoms with Gasteiger partial charge in [-0.3, -0.25) is 4.79 Å². The molecule has 0 spiro atoms. The van der Waals surface area contributed by atoms with Crippen LogP contribution in [0.1, 0.15) is 13.8 Å². The van der Waals surface area contributed by atoms with E-state index in [1.54, 1.807) is 6.92 Å². The van der Waals surface area contributed by atoms with Gasteiger partial charge in [-0.25, -0.2) is 4.39 Å². The predicted octanol–water partition coefficient (Wildman–Crippen LogP) is 0.880. The van der Waals surface area contributed by atoms with Crippen molar-refractivity contribution in [1.82, 2.24) is 0 Å². The summed E-state index contributed by atoms with van der Waals surface area (Å²) in [4.78, 5) is 10.4. The summed E-state index contributed by atoms with van der Waals surface area (Å²) in [5, 5.41) is 0. The topological polar surface area (TPSA) is 35.5 Å². The average Bonchev–Trinajstić information content (AvgIpc) is 2.18. The maximum absolute atomic E-state index is 12.7. The van der Waals surface area contributed by atoms with Crippen LogP contribution in [0, 0.1) is 5.92 Å². The largest absolute Gasteiger partial charge is 0.456 e. The molecule has 1 heterocycles. The molecule has 11 heavy (non-hydrogen) atoms. The number of ether oxygens (including phenoxy) is 2. The van der Waals surface area contributed by atoms with Crippen LogP contribution in [0.2, 0.25) is 0 Å². The van der Waals surface area contributed by atoms with E-state index in [-0.39, 0.29) is 5.92 Å². The van der Waals surface area contributed by atoms with Crippen LogP contribution in [0.15, 0.2) is 0 Å². The summed E-state index contributed by atoms with van der Waals surface area (Å²) in [5.74, 6) is -0.510. The van der Waals surface area contributed by atoms with Crippen molar-refractivity contribution >= 4 is 5.97 Å². The summed E-state index contributed by atoms with van der Waals surface area (Å²) in [7, 11) is 0. The highest BCUT2D eigenvalue weighted by atomic mass is 19.1. The second-order valence-electron chi connectivity index (χ2n) is 2.74. The highest BCUT2D eigenvalue weighted by Gasteiger charge is 2.37. The Labute approximate surface area is 64.5 Å². The lowest BCUT2D eigenvalue weighted by Crippen LogP contribution is -2.27. The SMILES string of the molecule is CC(=O)OC1C(C)COC1F. The Hall–Kier alpha value is -0.640. The number of esters is 1. The number of rotatable bonds is 1. The fourth-order valence-electron chi connectivity index (χ4n) is 1.05. The van der Waals surface area contributed by atoms with Crippen LogP contribution in [0.25, 0.3) is 0 Å². The molecule has 0 N–H and O–H groups in total. The molecule has 3 nitrogen and oxygen atoms in total. The lowest BCUT2D eigenvalue weighted by Gasteiger charge is -2.14. The quantitative estimate of drug-likeness (QED) is 0.537. The summed E-state index contributed by atoms with van der Waals surface area (Å²) in [5.41, 5.74) is 0. The average molecular weight is 162 g/mol. The summed E-state index contributed by atoms with van der Waals surface area (Å²) >= 11 is 0. The van der Waals surface area contributed by atoms with E-state index < -0.39 is 18.4 Å². The fourth-order valence-corrected chi connectivity index (χ4v) is 1.05.